The standard InChI is InChI=1S/C22H27O6P/c1-21(2)22(3,4)28-29(27-21,24-16-15-23)25-19(17-11-7-5-8-12-17)20(26-29)18-13-9-6-10-14-18/h5-14,23H,15-16H2,1-4H3. The van der Waals surface area contributed by atoms with Crippen LogP contribution >= 0.6 is 7.74 Å². The Hall–Kier alpha value is -1.95. The number of benzene rings is 2. The number of aliphatic hydroxyl groups excluding tert-OH is 1. The van der Waals surface area contributed by atoms with Gasteiger partial charge in [-0.2, -0.15) is 0 Å². The molecule has 156 valence electrons. The Bertz CT molecular complexity index is 851. The van der Waals surface area contributed by atoms with Crippen molar-refractivity contribution >= 4 is 19.3 Å². The first kappa shape index (κ1) is 20.3. The monoisotopic (exact) mass is 418 g/mol. The quantitative estimate of drug-likeness (QED) is 0.665. The Morgan fingerprint density at radius 1 is 0.759 bits per heavy atom. The average Bonchev–Trinajstić information content (AvgIpc) is 3.10. The van der Waals surface area contributed by atoms with Crippen molar-refractivity contribution in [3.05, 3.63) is 71.8 Å². The van der Waals surface area contributed by atoms with Crippen LogP contribution < -0.4 is 0 Å². The third-order valence-corrected chi connectivity index (χ3v) is 8.43. The van der Waals surface area contributed by atoms with Gasteiger partial charge in [-0.25, -0.2) is 0 Å². The maximum absolute atomic E-state index is 9.45. The van der Waals surface area contributed by atoms with E-state index in [2.05, 4.69) is 0 Å². The molecule has 2 aliphatic rings. The van der Waals surface area contributed by atoms with E-state index < -0.39 is 18.9 Å². The molecule has 0 aliphatic carbocycles. The second-order valence-corrected chi connectivity index (χ2v) is 10.6. The van der Waals surface area contributed by atoms with Crippen molar-refractivity contribution in [1.82, 2.24) is 0 Å². The zero-order valence-corrected chi connectivity index (χ0v) is 18.0. The van der Waals surface area contributed by atoms with Crippen LogP contribution in [0.2, 0.25) is 0 Å². The van der Waals surface area contributed by atoms with Crippen LogP contribution in [-0.2, 0) is 22.6 Å². The molecular formula is C22H27O6P. The van der Waals surface area contributed by atoms with Gasteiger partial charge in [-0.05, 0) is 0 Å². The van der Waals surface area contributed by atoms with Crippen LogP contribution in [0.15, 0.2) is 60.7 Å². The Labute approximate surface area is 171 Å². The molecule has 0 radical (unpaired) electrons. The molecule has 0 amide bonds. The third-order valence-electron chi connectivity index (χ3n) is 5.36. The van der Waals surface area contributed by atoms with Gasteiger partial charge in [-0.15, -0.1) is 0 Å². The summed E-state index contributed by atoms with van der Waals surface area (Å²) in [6.07, 6.45) is 0. The molecule has 2 aromatic carbocycles. The molecule has 1 spiro atoms. The SMILES string of the molecule is CC1(C)OP2(OCCO)(OC(c3ccccc3)=C(c3ccccc3)O2)OC1(C)C. The van der Waals surface area contributed by atoms with Crippen LogP contribution in [0.25, 0.3) is 11.5 Å². The first-order valence-electron chi connectivity index (χ1n) is 9.66. The molecule has 29 heavy (non-hydrogen) atoms. The fourth-order valence-electron chi connectivity index (χ4n) is 3.30. The zero-order valence-electron chi connectivity index (χ0n) is 17.1. The molecule has 0 atom stereocenters. The Balaban J connectivity index is 1.87. The molecule has 0 aromatic heterocycles. The summed E-state index contributed by atoms with van der Waals surface area (Å²) in [5.41, 5.74) is 0.118. The minimum absolute atomic E-state index is 0.0475. The molecule has 2 aliphatic heterocycles. The van der Waals surface area contributed by atoms with Gasteiger partial charge in [0.05, 0.1) is 0 Å². The fourth-order valence-corrected chi connectivity index (χ4v) is 7.02. The maximum atomic E-state index is 9.45. The van der Waals surface area contributed by atoms with Gasteiger partial charge in [-0.1, -0.05) is 0 Å². The summed E-state index contributed by atoms with van der Waals surface area (Å²) in [5, 5.41) is 9.45. The molecule has 0 unspecified atom stereocenters. The Kier molecular flexibility index (Phi) is 4.76. The van der Waals surface area contributed by atoms with Gasteiger partial charge in [0.15, 0.2) is 0 Å². The van der Waals surface area contributed by atoms with Gasteiger partial charge in [0.2, 0.25) is 0 Å². The van der Waals surface area contributed by atoms with Crippen LogP contribution in [0.4, 0.5) is 0 Å². The first-order chi connectivity index (χ1) is 13.7. The van der Waals surface area contributed by atoms with E-state index in [1.807, 2.05) is 88.4 Å². The van der Waals surface area contributed by atoms with Crippen molar-refractivity contribution in [3.63, 3.8) is 0 Å². The summed E-state index contributed by atoms with van der Waals surface area (Å²) < 4.78 is 31.7. The molecule has 6 nitrogen and oxygen atoms in total. The second kappa shape index (κ2) is 6.79. The summed E-state index contributed by atoms with van der Waals surface area (Å²) in [7, 11) is -4.54. The van der Waals surface area contributed by atoms with E-state index in [0.717, 1.165) is 11.1 Å². The molecule has 7 heteroatoms. The normalized spacial score (nSPS) is 24.5. The summed E-state index contributed by atoms with van der Waals surface area (Å²) in [4.78, 5) is 0. The van der Waals surface area contributed by atoms with Gasteiger partial charge < -0.3 is 0 Å². The molecule has 1 N–H and O–H groups in total. The summed E-state index contributed by atoms with van der Waals surface area (Å²) in [6.45, 7) is 7.37. The number of rotatable bonds is 5. The van der Waals surface area contributed by atoms with Crippen molar-refractivity contribution in [2.45, 2.75) is 38.9 Å². The molecule has 0 bridgehead atoms. The summed E-state index contributed by atoms with van der Waals surface area (Å²) in [6, 6.07) is 19.3. The van der Waals surface area contributed by atoms with E-state index in [1.54, 1.807) is 0 Å². The molecule has 2 aromatic rings. The topological polar surface area (TPSA) is 66.4 Å². The first-order valence-corrected chi connectivity index (χ1v) is 11.5. The van der Waals surface area contributed by atoms with Crippen molar-refractivity contribution in [2.75, 3.05) is 13.2 Å². The van der Waals surface area contributed by atoms with Crippen molar-refractivity contribution in [2.24, 2.45) is 0 Å². The molecule has 1 fully saturated rings. The predicted molar refractivity (Wildman–Crippen MR) is 112 cm³/mol. The predicted octanol–water partition coefficient (Wildman–Crippen LogP) is 5.30. The van der Waals surface area contributed by atoms with E-state index in [1.165, 1.54) is 0 Å². The molecule has 2 heterocycles. The molecule has 0 saturated carbocycles. The number of aliphatic hydroxyl groups is 1. The fraction of sp³-hybridized carbons (Fsp3) is 0.364. The van der Waals surface area contributed by atoms with Gasteiger partial charge in [0.25, 0.3) is 0 Å². The van der Waals surface area contributed by atoms with Crippen LogP contribution in [0.1, 0.15) is 38.8 Å². The molecule has 1 saturated heterocycles. The van der Waals surface area contributed by atoms with Crippen molar-refractivity contribution in [1.29, 1.82) is 0 Å². The van der Waals surface area contributed by atoms with Crippen molar-refractivity contribution in [3.8, 4) is 0 Å². The molecule has 4 rings (SSSR count). The Morgan fingerprint density at radius 3 is 1.55 bits per heavy atom. The van der Waals surface area contributed by atoms with Gasteiger partial charge in [-0.3, -0.25) is 0 Å². The van der Waals surface area contributed by atoms with Gasteiger partial charge >= 0.3 is 171 Å². The van der Waals surface area contributed by atoms with Crippen LogP contribution in [-0.4, -0.2) is 29.5 Å². The van der Waals surface area contributed by atoms with E-state index in [-0.39, 0.29) is 13.2 Å². The van der Waals surface area contributed by atoms with Crippen LogP contribution in [0.5, 0.6) is 0 Å². The second-order valence-electron chi connectivity index (χ2n) is 8.08. The minimum atomic E-state index is -4.54. The molecular weight excluding hydrogens is 391 g/mol. The Morgan fingerprint density at radius 2 is 1.17 bits per heavy atom. The van der Waals surface area contributed by atoms with Gasteiger partial charge in [0, 0.05) is 0 Å². The number of hydrogen-bond acceptors (Lipinski definition) is 6. The van der Waals surface area contributed by atoms with Crippen LogP contribution in [0, 0.1) is 0 Å². The summed E-state index contributed by atoms with van der Waals surface area (Å²) in [5.74, 6) is 0.974. The summed E-state index contributed by atoms with van der Waals surface area (Å²) >= 11 is 0. The van der Waals surface area contributed by atoms with E-state index in [0.29, 0.717) is 11.5 Å². The van der Waals surface area contributed by atoms with E-state index in [9.17, 15) is 5.11 Å². The number of hydrogen-bond donors (Lipinski definition) is 1. The zero-order chi connectivity index (χ0) is 20.8. The van der Waals surface area contributed by atoms with E-state index in [4.69, 9.17) is 22.6 Å². The van der Waals surface area contributed by atoms with Crippen molar-refractivity contribution < 1.29 is 27.7 Å². The van der Waals surface area contributed by atoms with Gasteiger partial charge in [0.1, 0.15) is 0 Å². The average molecular weight is 418 g/mol. The van der Waals surface area contributed by atoms with Crippen LogP contribution in [0.3, 0.4) is 0 Å². The van der Waals surface area contributed by atoms with E-state index >= 15 is 0 Å². The third kappa shape index (κ3) is 3.35.